The van der Waals surface area contributed by atoms with Crippen molar-refractivity contribution in [3.8, 4) is 16.2 Å². The maximum absolute atomic E-state index is 12.9. The van der Waals surface area contributed by atoms with Gasteiger partial charge in [0.2, 0.25) is 5.43 Å². The van der Waals surface area contributed by atoms with Crippen LogP contribution in [0.15, 0.2) is 29.2 Å². The number of hydrogen-bond donors (Lipinski definition) is 2. The molecule has 1 saturated carbocycles. The van der Waals surface area contributed by atoms with Crippen LogP contribution in [0.25, 0.3) is 21.3 Å². The second-order valence-electron chi connectivity index (χ2n) is 8.35. The van der Waals surface area contributed by atoms with Gasteiger partial charge in [-0.05, 0) is 62.4 Å². The topological polar surface area (TPSA) is 80.6 Å². The first-order valence-electron chi connectivity index (χ1n) is 10.9. The van der Waals surface area contributed by atoms with E-state index in [2.05, 4.69) is 18.3 Å². The van der Waals surface area contributed by atoms with Gasteiger partial charge in [-0.2, -0.15) is 0 Å². The van der Waals surface area contributed by atoms with Crippen molar-refractivity contribution in [3.63, 3.8) is 0 Å². The van der Waals surface area contributed by atoms with Gasteiger partial charge in [-0.15, -0.1) is 23.7 Å². The minimum atomic E-state index is -1.19. The molecule has 6 nitrogen and oxygen atoms in total. The number of fused-ring (bicyclic) bond motifs is 2. The van der Waals surface area contributed by atoms with E-state index >= 15 is 0 Å². The van der Waals surface area contributed by atoms with E-state index in [0.717, 1.165) is 42.7 Å². The molecule has 1 atom stereocenters. The van der Waals surface area contributed by atoms with E-state index in [4.69, 9.17) is 4.74 Å². The molecule has 2 aliphatic carbocycles. The predicted octanol–water partition coefficient (Wildman–Crippen LogP) is 5.18. The number of hydrogen-bond acceptors (Lipinski definition) is 5. The second kappa shape index (κ2) is 8.89. The lowest BCUT2D eigenvalue weighted by Gasteiger charge is -2.22. The van der Waals surface area contributed by atoms with Crippen molar-refractivity contribution >= 4 is 40.6 Å². The summed E-state index contributed by atoms with van der Waals surface area (Å²) in [4.78, 5) is 27.1. The number of thiophene rings is 1. The van der Waals surface area contributed by atoms with Crippen LogP contribution in [0.5, 0.6) is 5.75 Å². The van der Waals surface area contributed by atoms with E-state index in [9.17, 15) is 14.7 Å². The maximum Gasteiger partial charge on any atom is 0.341 e. The zero-order valence-corrected chi connectivity index (χ0v) is 19.8. The van der Waals surface area contributed by atoms with Gasteiger partial charge < -0.3 is 19.7 Å². The SMILES string of the molecule is CCNC1CCCc2sc(-c3ccc4c(=O)c(C(=O)O)cn(C5CC5)c4c3OC)cc21.Cl. The number of nitrogens with zero attached hydrogens (tertiary/aromatic N) is 1. The molecular weight excluding hydrogens is 448 g/mol. The summed E-state index contributed by atoms with van der Waals surface area (Å²) in [6.07, 6.45) is 6.86. The molecule has 0 radical (unpaired) electrons. The lowest BCUT2D eigenvalue weighted by Crippen LogP contribution is -2.23. The van der Waals surface area contributed by atoms with Crippen LogP contribution in [0, 0.1) is 0 Å². The van der Waals surface area contributed by atoms with Gasteiger partial charge in [0.15, 0.2) is 5.75 Å². The molecule has 2 heterocycles. The Morgan fingerprint density at radius 1 is 1.31 bits per heavy atom. The standard InChI is InChI=1S/C24H26N2O4S.ClH/c1-3-25-18-5-4-6-19-16(18)11-20(31-19)14-9-10-15-21(23(14)30-2)26(13-7-8-13)12-17(22(15)27)24(28)29;/h9-13,18,25H,3-8H2,1-2H3,(H,28,29);1H. The first-order chi connectivity index (χ1) is 15.0. The first kappa shape index (κ1) is 22.8. The number of rotatable bonds is 6. The number of methoxy groups -OCH3 is 1. The van der Waals surface area contributed by atoms with Crippen molar-refractivity contribution < 1.29 is 14.6 Å². The molecule has 0 amide bonds. The number of ether oxygens (including phenoxy) is 1. The number of carboxylic acid groups (broad SMARTS) is 1. The van der Waals surface area contributed by atoms with E-state index in [-0.39, 0.29) is 24.0 Å². The number of aromatic carboxylic acids is 1. The predicted molar refractivity (Wildman–Crippen MR) is 130 cm³/mol. The monoisotopic (exact) mass is 474 g/mol. The Balaban J connectivity index is 0.00000245. The third-order valence-electron chi connectivity index (χ3n) is 6.35. The lowest BCUT2D eigenvalue weighted by atomic mass is 9.93. The highest BCUT2D eigenvalue weighted by molar-refractivity contribution is 7.15. The first-order valence-corrected chi connectivity index (χ1v) is 11.7. The number of nitrogens with one attached hydrogen (secondary N) is 1. The normalized spacial score (nSPS) is 17.6. The van der Waals surface area contributed by atoms with Crippen molar-refractivity contribution in [2.24, 2.45) is 0 Å². The van der Waals surface area contributed by atoms with Gasteiger partial charge in [0.05, 0.1) is 18.0 Å². The number of aromatic nitrogens is 1. The fraction of sp³-hybridized carbons (Fsp3) is 0.417. The Kier molecular flexibility index (Phi) is 6.34. The van der Waals surface area contributed by atoms with E-state index in [1.807, 2.05) is 10.6 Å². The Morgan fingerprint density at radius 3 is 2.75 bits per heavy atom. The van der Waals surface area contributed by atoms with Gasteiger partial charge in [0.1, 0.15) is 5.56 Å². The molecule has 0 saturated heterocycles. The van der Waals surface area contributed by atoms with Crippen LogP contribution < -0.4 is 15.5 Å². The molecule has 2 aromatic heterocycles. The number of halogens is 1. The van der Waals surface area contributed by atoms with Gasteiger partial charge in [0, 0.05) is 33.6 Å². The van der Waals surface area contributed by atoms with Gasteiger partial charge in [-0.25, -0.2) is 4.79 Å². The number of benzene rings is 1. The summed E-state index contributed by atoms with van der Waals surface area (Å²) in [5.74, 6) is -0.540. The van der Waals surface area contributed by atoms with Gasteiger partial charge in [0.25, 0.3) is 0 Å². The highest BCUT2D eigenvalue weighted by Gasteiger charge is 2.30. The van der Waals surface area contributed by atoms with Crippen molar-refractivity contribution in [1.82, 2.24) is 9.88 Å². The van der Waals surface area contributed by atoms with E-state index in [0.29, 0.717) is 22.7 Å². The Hall–Kier alpha value is -2.35. The summed E-state index contributed by atoms with van der Waals surface area (Å²) in [6.45, 7) is 3.07. The fourth-order valence-corrected chi connectivity index (χ4v) is 6.05. The zero-order valence-electron chi connectivity index (χ0n) is 18.1. The lowest BCUT2D eigenvalue weighted by molar-refractivity contribution is 0.0695. The smallest absolute Gasteiger partial charge is 0.341 e. The molecule has 2 aliphatic rings. The molecule has 5 rings (SSSR count). The number of pyridine rings is 1. The number of carboxylic acids is 1. The average molecular weight is 475 g/mol. The molecule has 1 unspecified atom stereocenters. The fourth-order valence-electron chi connectivity index (χ4n) is 4.76. The Labute approximate surface area is 196 Å². The molecule has 1 fully saturated rings. The minimum absolute atomic E-state index is 0. The molecule has 0 bridgehead atoms. The summed E-state index contributed by atoms with van der Waals surface area (Å²) in [7, 11) is 1.63. The number of aryl methyl sites for hydroxylation is 1. The van der Waals surface area contributed by atoms with E-state index in [1.54, 1.807) is 24.5 Å². The largest absolute Gasteiger partial charge is 0.494 e. The van der Waals surface area contributed by atoms with Crippen molar-refractivity contribution in [2.45, 2.75) is 51.1 Å². The van der Waals surface area contributed by atoms with Crippen LogP contribution in [0.3, 0.4) is 0 Å². The zero-order chi connectivity index (χ0) is 21.7. The second-order valence-corrected chi connectivity index (χ2v) is 9.49. The van der Waals surface area contributed by atoms with Crippen LogP contribution in [-0.4, -0.2) is 29.3 Å². The van der Waals surface area contributed by atoms with Gasteiger partial charge in [-0.1, -0.05) is 6.92 Å². The van der Waals surface area contributed by atoms with Crippen molar-refractivity contribution in [3.05, 3.63) is 50.6 Å². The Morgan fingerprint density at radius 2 is 2.09 bits per heavy atom. The molecular formula is C24H27ClN2O4S. The molecule has 2 N–H and O–H groups in total. The summed E-state index contributed by atoms with van der Waals surface area (Å²) in [6, 6.07) is 6.53. The van der Waals surface area contributed by atoms with E-state index < -0.39 is 11.4 Å². The van der Waals surface area contributed by atoms with Gasteiger partial charge in [-0.3, -0.25) is 4.79 Å². The van der Waals surface area contributed by atoms with Crippen LogP contribution in [0.1, 0.15) is 65.5 Å². The van der Waals surface area contributed by atoms with Crippen molar-refractivity contribution in [2.75, 3.05) is 13.7 Å². The molecule has 0 spiro atoms. The van der Waals surface area contributed by atoms with Crippen molar-refractivity contribution in [1.29, 1.82) is 0 Å². The molecule has 0 aliphatic heterocycles. The molecule has 32 heavy (non-hydrogen) atoms. The minimum Gasteiger partial charge on any atom is -0.494 e. The molecule has 8 heteroatoms. The molecule has 3 aromatic rings. The van der Waals surface area contributed by atoms with E-state index in [1.165, 1.54) is 23.1 Å². The average Bonchev–Trinajstić information content (AvgIpc) is 3.51. The van der Waals surface area contributed by atoms with Crippen LogP contribution in [0.4, 0.5) is 0 Å². The summed E-state index contributed by atoms with van der Waals surface area (Å²) in [5.41, 5.74) is 2.39. The summed E-state index contributed by atoms with van der Waals surface area (Å²) >= 11 is 1.80. The quantitative estimate of drug-likeness (QED) is 0.514. The highest BCUT2D eigenvalue weighted by atomic mass is 35.5. The third-order valence-corrected chi connectivity index (χ3v) is 7.60. The van der Waals surface area contributed by atoms with Crippen LogP contribution >= 0.6 is 23.7 Å². The number of carbonyl (C=O) groups is 1. The molecule has 1 aromatic carbocycles. The maximum atomic E-state index is 12.9. The van der Waals surface area contributed by atoms with Crippen LogP contribution in [-0.2, 0) is 6.42 Å². The molecule has 170 valence electrons. The summed E-state index contributed by atoms with van der Waals surface area (Å²) < 4.78 is 7.82. The Bertz CT molecular complexity index is 1250. The van der Waals surface area contributed by atoms with Gasteiger partial charge >= 0.3 is 5.97 Å². The van der Waals surface area contributed by atoms with Crippen LogP contribution in [0.2, 0.25) is 0 Å². The third kappa shape index (κ3) is 3.72. The summed E-state index contributed by atoms with van der Waals surface area (Å²) in [5, 5.41) is 13.5. The highest BCUT2D eigenvalue weighted by Crippen LogP contribution is 2.46.